The van der Waals surface area contributed by atoms with Gasteiger partial charge in [0.15, 0.2) is 6.23 Å². The maximum Gasteiger partial charge on any atom is 0.255 e. The van der Waals surface area contributed by atoms with E-state index in [1.165, 1.54) is 18.3 Å². The first-order chi connectivity index (χ1) is 13.8. The zero-order valence-corrected chi connectivity index (χ0v) is 16.8. The predicted octanol–water partition coefficient (Wildman–Crippen LogP) is 2.54. The van der Waals surface area contributed by atoms with Crippen LogP contribution in [0.3, 0.4) is 0 Å². The van der Waals surface area contributed by atoms with Crippen LogP contribution in [-0.4, -0.2) is 24.8 Å². The summed E-state index contributed by atoms with van der Waals surface area (Å²) in [7, 11) is -3.86. The van der Waals surface area contributed by atoms with Crippen LogP contribution in [0.15, 0.2) is 71.7 Å². The number of aromatic nitrogens is 1. The second-order valence-electron chi connectivity index (χ2n) is 6.55. The molecule has 2 N–H and O–H groups in total. The van der Waals surface area contributed by atoms with Crippen LogP contribution in [0.1, 0.15) is 28.5 Å². The number of aryl methyl sites for hydroxylation is 1. The molecule has 7 heteroatoms. The number of nitrogens with zero attached hydrogens (tertiary/aromatic N) is 1. The van der Waals surface area contributed by atoms with Gasteiger partial charge < -0.3 is 10.1 Å². The number of rotatable bonds is 4. The quantitative estimate of drug-likeness (QED) is 0.513. The van der Waals surface area contributed by atoms with Crippen LogP contribution in [0.25, 0.3) is 0 Å². The van der Waals surface area contributed by atoms with Gasteiger partial charge in [0.1, 0.15) is 0 Å². The highest BCUT2D eigenvalue weighted by molar-refractivity contribution is 7.92. The van der Waals surface area contributed by atoms with E-state index >= 15 is 0 Å². The summed E-state index contributed by atoms with van der Waals surface area (Å²) in [4.78, 5) is 14.4. The highest BCUT2D eigenvalue weighted by atomic mass is 32.2. The zero-order valence-electron chi connectivity index (χ0n) is 16.0. The molecule has 6 nitrogen and oxygen atoms in total. The van der Waals surface area contributed by atoms with Crippen LogP contribution in [0.4, 0.5) is 5.69 Å². The third kappa shape index (κ3) is 4.93. The fourth-order valence-electron chi connectivity index (χ4n) is 2.75. The van der Waals surface area contributed by atoms with Crippen molar-refractivity contribution in [2.45, 2.75) is 13.2 Å². The molecule has 29 heavy (non-hydrogen) atoms. The van der Waals surface area contributed by atoms with Gasteiger partial charge in [-0.25, -0.2) is 12.7 Å². The molecule has 0 bridgehead atoms. The molecule has 1 heterocycles. The first-order valence-corrected chi connectivity index (χ1v) is 10.6. The molecule has 148 valence electrons. The standard InChI is InChI=1S/C22H20N2O4S/c1-16-5-7-17(8-6-16)9-10-18-11-13-19(14-12-18)24(29(2,27)28)22(26)20-4-3-15-23-21(20)25/h3-8,11-15,22,26H,1-2H3,(H,23,25). The first-order valence-electron chi connectivity index (χ1n) is 8.79. The van der Waals surface area contributed by atoms with Crippen molar-refractivity contribution < 1.29 is 13.5 Å². The van der Waals surface area contributed by atoms with Gasteiger partial charge in [0.05, 0.1) is 17.5 Å². The Morgan fingerprint density at radius 2 is 1.52 bits per heavy atom. The summed E-state index contributed by atoms with van der Waals surface area (Å²) in [6.45, 7) is 2.00. The molecule has 1 unspecified atom stereocenters. The molecular weight excluding hydrogens is 388 g/mol. The van der Waals surface area contributed by atoms with Crippen molar-refractivity contribution in [3.63, 3.8) is 0 Å². The summed E-state index contributed by atoms with van der Waals surface area (Å²) in [5.74, 6) is 6.07. The van der Waals surface area contributed by atoms with Gasteiger partial charge in [-0.3, -0.25) is 4.79 Å². The molecule has 0 radical (unpaired) electrons. The maximum absolute atomic E-state index is 12.3. The minimum absolute atomic E-state index is 0.0684. The van der Waals surface area contributed by atoms with Crippen molar-refractivity contribution in [3.8, 4) is 11.8 Å². The van der Waals surface area contributed by atoms with Crippen molar-refractivity contribution in [1.29, 1.82) is 0 Å². The number of hydrogen-bond acceptors (Lipinski definition) is 4. The summed E-state index contributed by atoms with van der Waals surface area (Å²) >= 11 is 0. The van der Waals surface area contributed by atoms with E-state index in [-0.39, 0.29) is 11.3 Å². The lowest BCUT2D eigenvalue weighted by Crippen LogP contribution is -2.36. The molecule has 2 aromatic carbocycles. The second-order valence-corrected chi connectivity index (χ2v) is 8.41. The molecule has 0 saturated carbocycles. The molecule has 0 aliphatic rings. The van der Waals surface area contributed by atoms with Gasteiger partial charge in [0.25, 0.3) is 5.56 Å². The maximum atomic E-state index is 12.3. The fourth-order valence-corrected chi connectivity index (χ4v) is 3.73. The Morgan fingerprint density at radius 1 is 0.966 bits per heavy atom. The summed E-state index contributed by atoms with van der Waals surface area (Å²) in [5, 5.41) is 10.6. The van der Waals surface area contributed by atoms with Crippen molar-refractivity contribution >= 4 is 15.7 Å². The first kappa shape index (κ1) is 20.4. The van der Waals surface area contributed by atoms with Crippen LogP contribution in [0.2, 0.25) is 0 Å². The number of anilines is 1. The number of hydrogen-bond donors (Lipinski definition) is 2. The number of aliphatic hydroxyl groups excluding tert-OH is 1. The largest absolute Gasteiger partial charge is 0.368 e. The van der Waals surface area contributed by atoms with E-state index in [0.29, 0.717) is 5.56 Å². The molecule has 1 aromatic heterocycles. The molecule has 0 spiro atoms. The van der Waals surface area contributed by atoms with E-state index < -0.39 is 21.8 Å². The van der Waals surface area contributed by atoms with E-state index in [9.17, 15) is 18.3 Å². The van der Waals surface area contributed by atoms with E-state index in [4.69, 9.17) is 0 Å². The van der Waals surface area contributed by atoms with Gasteiger partial charge >= 0.3 is 0 Å². The Hall–Kier alpha value is -3.34. The smallest absolute Gasteiger partial charge is 0.255 e. The minimum atomic E-state index is -3.86. The van der Waals surface area contributed by atoms with E-state index in [0.717, 1.165) is 21.7 Å². The molecule has 1 atom stereocenters. The Bertz CT molecular complexity index is 1220. The number of pyridine rings is 1. The average molecular weight is 408 g/mol. The van der Waals surface area contributed by atoms with Crippen molar-refractivity contribution in [2.24, 2.45) is 0 Å². The Labute approximate surface area is 169 Å². The van der Waals surface area contributed by atoms with Gasteiger partial charge in [0.2, 0.25) is 10.0 Å². The van der Waals surface area contributed by atoms with Crippen LogP contribution >= 0.6 is 0 Å². The Morgan fingerprint density at radius 3 is 2.03 bits per heavy atom. The lowest BCUT2D eigenvalue weighted by atomic mass is 10.1. The number of nitrogens with one attached hydrogen (secondary N) is 1. The highest BCUT2D eigenvalue weighted by Crippen LogP contribution is 2.26. The van der Waals surface area contributed by atoms with E-state index in [1.54, 1.807) is 24.3 Å². The van der Waals surface area contributed by atoms with Gasteiger partial charge in [-0.05, 0) is 55.5 Å². The number of sulfonamides is 1. The highest BCUT2D eigenvalue weighted by Gasteiger charge is 2.28. The molecule has 3 aromatic rings. The number of aliphatic hydroxyl groups is 1. The second kappa shape index (κ2) is 8.35. The van der Waals surface area contributed by atoms with Gasteiger partial charge in [-0.2, -0.15) is 0 Å². The van der Waals surface area contributed by atoms with Gasteiger partial charge in [-0.15, -0.1) is 0 Å². The number of benzene rings is 2. The van der Waals surface area contributed by atoms with Crippen LogP contribution < -0.4 is 9.86 Å². The lowest BCUT2D eigenvalue weighted by Gasteiger charge is -2.27. The lowest BCUT2D eigenvalue weighted by molar-refractivity contribution is 0.188. The minimum Gasteiger partial charge on any atom is -0.368 e. The predicted molar refractivity (Wildman–Crippen MR) is 113 cm³/mol. The SMILES string of the molecule is Cc1ccc(C#Cc2ccc(N(C(O)c3ccc[nH]c3=O)S(C)(=O)=O)cc2)cc1. The van der Waals surface area contributed by atoms with Crippen molar-refractivity contribution in [3.05, 3.63) is 99.5 Å². The van der Waals surface area contributed by atoms with E-state index in [1.807, 2.05) is 31.2 Å². The van der Waals surface area contributed by atoms with Crippen LogP contribution in [-0.2, 0) is 10.0 Å². The molecule has 0 fully saturated rings. The average Bonchev–Trinajstić information content (AvgIpc) is 2.68. The number of H-pyrrole nitrogens is 1. The monoisotopic (exact) mass is 408 g/mol. The van der Waals surface area contributed by atoms with Gasteiger partial charge in [-0.1, -0.05) is 29.5 Å². The van der Waals surface area contributed by atoms with Crippen LogP contribution in [0, 0.1) is 18.8 Å². The molecular formula is C22H20N2O4S. The van der Waals surface area contributed by atoms with Crippen molar-refractivity contribution in [2.75, 3.05) is 10.6 Å². The van der Waals surface area contributed by atoms with E-state index in [2.05, 4.69) is 16.8 Å². The molecule has 0 aliphatic heterocycles. The Kier molecular flexibility index (Phi) is 5.87. The molecule has 0 amide bonds. The third-order valence-corrected chi connectivity index (χ3v) is 5.36. The number of aromatic amines is 1. The molecule has 0 aliphatic carbocycles. The topological polar surface area (TPSA) is 90.5 Å². The fraction of sp³-hybridized carbons (Fsp3) is 0.136. The normalized spacial score (nSPS) is 12.0. The molecule has 0 saturated heterocycles. The van der Waals surface area contributed by atoms with Crippen LogP contribution in [0.5, 0.6) is 0 Å². The van der Waals surface area contributed by atoms with Crippen molar-refractivity contribution in [1.82, 2.24) is 4.98 Å². The summed E-state index contributed by atoms with van der Waals surface area (Å²) in [6.07, 6.45) is 0.725. The summed E-state index contributed by atoms with van der Waals surface area (Å²) in [6, 6.07) is 17.1. The Balaban J connectivity index is 1.92. The van der Waals surface area contributed by atoms with Gasteiger partial charge in [0, 0.05) is 17.3 Å². The molecule has 3 rings (SSSR count). The zero-order chi connectivity index (χ0) is 21.0. The summed E-state index contributed by atoms with van der Waals surface area (Å²) in [5.41, 5.74) is 2.31. The third-order valence-electron chi connectivity index (χ3n) is 4.23. The summed E-state index contributed by atoms with van der Waals surface area (Å²) < 4.78 is 25.4.